The summed E-state index contributed by atoms with van der Waals surface area (Å²) in [4.78, 5) is 2.50. The Bertz CT molecular complexity index is 426. The lowest BCUT2D eigenvalue weighted by molar-refractivity contribution is 0.00432. The quantitative estimate of drug-likeness (QED) is 0.580. The normalized spacial score (nSPS) is 18.8. The lowest BCUT2D eigenvalue weighted by Crippen LogP contribution is -2.68. The summed E-state index contributed by atoms with van der Waals surface area (Å²) in [7, 11) is -2.58. The van der Waals surface area contributed by atoms with Crippen molar-refractivity contribution in [3.05, 3.63) is 35.9 Å². The van der Waals surface area contributed by atoms with Crippen LogP contribution in [0, 0.1) is 0 Å². The number of hydrogen-bond donors (Lipinski definition) is 0. The minimum Gasteiger partial charge on any atom is -0.373 e. The van der Waals surface area contributed by atoms with Gasteiger partial charge in [-0.2, -0.15) is 0 Å². The number of aryl methyl sites for hydroxylation is 1. The van der Waals surface area contributed by atoms with Gasteiger partial charge in [0, 0.05) is 19.8 Å². The number of hydrogen-bond acceptors (Lipinski definition) is 4. The highest BCUT2D eigenvalue weighted by atomic mass is 28.4. The van der Waals surface area contributed by atoms with Gasteiger partial charge in [0.2, 0.25) is 0 Å². The Labute approximate surface area is 142 Å². The average molecular weight is 338 g/mol. The number of benzene rings is 1. The number of nitrogens with zero attached hydrogens (tertiary/aromatic N) is 1. The molecule has 0 saturated carbocycles. The summed E-state index contributed by atoms with van der Waals surface area (Å²) in [6.07, 6.45) is 3.41. The van der Waals surface area contributed by atoms with Gasteiger partial charge in [0.1, 0.15) is 0 Å². The predicted molar refractivity (Wildman–Crippen MR) is 95.4 cm³/mol. The van der Waals surface area contributed by atoms with Gasteiger partial charge in [-0.15, -0.1) is 0 Å². The Hall–Kier alpha value is -0.723. The summed E-state index contributed by atoms with van der Waals surface area (Å²) in [6, 6.07) is 10.7. The van der Waals surface area contributed by atoms with Crippen LogP contribution in [0.5, 0.6) is 0 Å². The molecule has 130 valence electrons. The van der Waals surface area contributed by atoms with Gasteiger partial charge >= 0.3 is 8.80 Å². The number of rotatable bonds is 11. The van der Waals surface area contributed by atoms with Crippen LogP contribution in [0.15, 0.2) is 30.3 Å². The van der Waals surface area contributed by atoms with Gasteiger partial charge in [-0.05, 0) is 58.7 Å². The first kappa shape index (κ1) is 18.6. The lowest BCUT2D eigenvalue weighted by Gasteiger charge is -2.48. The van der Waals surface area contributed by atoms with E-state index in [1.165, 1.54) is 5.56 Å². The van der Waals surface area contributed by atoms with Gasteiger partial charge in [0.25, 0.3) is 0 Å². The highest BCUT2D eigenvalue weighted by Crippen LogP contribution is 2.30. The Kier molecular flexibility index (Phi) is 7.72. The van der Waals surface area contributed by atoms with Crippen molar-refractivity contribution in [2.75, 3.05) is 32.9 Å². The molecule has 0 radical (unpaired) electrons. The van der Waals surface area contributed by atoms with Crippen LogP contribution in [0.25, 0.3) is 0 Å². The van der Waals surface area contributed by atoms with Crippen molar-refractivity contribution in [2.24, 2.45) is 0 Å². The van der Waals surface area contributed by atoms with Gasteiger partial charge < -0.3 is 13.3 Å². The summed E-state index contributed by atoms with van der Waals surface area (Å²) >= 11 is 0. The molecular formula is C18H31NO3Si. The third-order valence-corrected chi connectivity index (χ3v) is 7.87. The molecule has 0 spiro atoms. The van der Waals surface area contributed by atoms with Gasteiger partial charge in [-0.3, -0.25) is 4.90 Å². The summed E-state index contributed by atoms with van der Waals surface area (Å²) < 4.78 is 18.2. The van der Waals surface area contributed by atoms with E-state index in [1.54, 1.807) is 0 Å². The molecule has 1 aliphatic rings. The van der Waals surface area contributed by atoms with Crippen LogP contribution in [0.3, 0.4) is 0 Å². The summed E-state index contributed by atoms with van der Waals surface area (Å²) in [5.41, 5.74) is 1.74. The van der Waals surface area contributed by atoms with Gasteiger partial charge in [-0.25, -0.2) is 0 Å². The molecule has 1 fully saturated rings. The van der Waals surface area contributed by atoms with Gasteiger partial charge in [0.15, 0.2) is 0 Å². The zero-order valence-electron chi connectivity index (χ0n) is 14.8. The average Bonchev–Trinajstić information content (AvgIpc) is 2.52. The second kappa shape index (κ2) is 9.54. The van der Waals surface area contributed by atoms with E-state index in [2.05, 4.69) is 35.2 Å². The maximum atomic E-state index is 6.06. The maximum absolute atomic E-state index is 6.06. The predicted octanol–water partition coefficient (Wildman–Crippen LogP) is 3.28. The minimum atomic E-state index is -2.58. The first-order valence-corrected chi connectivity index (χ1v) is 10.8. The van der Waals surface area contributed by atoms with E-state index in [4.69, 9.17) is 13.3 Å². The monoisotopic (exact) mass is 337 g/mol. The van der Waals surface area contributed by atoms with Crippen LogP contribution in [-0.2, 0) is 19.7 Å². The Morgan fingerprint density at radius 3 is 2.09 bits per heavy atom. The Morgan fingerprint density at radius 1 is 1.00 bits per heavy atom. The molecule has 1 unspecified atom stereocenters. The highest BCUT2D eigenvalue weighted by Gasteiger charge is 2.55. The van der Waals surface area contributed by atoms with Crippen molar-refractivity contribution in [2.45, 2.75) is 45.7 Å². The van der Waals surface area contributed by atoms with Crippen LogP contribution in [0.2, 0.25) is 0 Å². The van der Waals surface area contributed by atoms with Crippen molar-refractivity contribution >= 4 is 8.80 Å². The van der Waals surface area contributed by atoms with Crippen LogP contribution < -0.4 is 0 Å². The van der Waals surface area contributed by atoms with E-state index in [0.717, 1.165) is 32.4 Å². The molecular weight excluding hydrogens is 306 g/mol. The fourth-order valence-electron chi connectivity index (χ4n) is 3.26. The zero-order valence-corrected chi connectivity index (χ0v) is 15.8. The first-order chi connectivity index (χ1) is 11.3. The molecule has 0 N–H and O–H groups in total. The molecule has 1 saturated heterocycles. The van der Waals surface area contributed by atoms with Gasteiger partial charge in [0.05, 0.1) is 5.67 Å². The summed E-state index contributed by atoms with van der Waals surface area (Å²) in [5, 5.41) is 0. The fourth-order valence-corrected chi connectivity index (χ4v) is 6.48. The third kappa shape index (κ3) is 4.87. The molecule has 2 rings (SSSR count). The molecule has 0 bridgehead atoms. The van der Waals surface area contributed by atoms with Crippen molar-refractivity contribution in [1.29, 1.82) is 0 Å². The number of likely N-dealkylation sites (tertiary alicyclic amines) is 1. The summed E-state index contributed by atoms with van der Waals surface area (Å²) in [6.45, 7) is 10.2. The van der Waals surface area contributed by atoms with E-state index in [9.17, 15) is 0 Å². The van der Waals surface area contributed by atoms with Crippen molar-refractivity contribution in [1.82, 2.24) is 4.90 Å². The minimum absolute atomic E-state index is 0.332. The summed E-state index contributed by atoms with van der Waals surface area (Å²) in [5.74, 6) is 0. The van der Waals surface area contributed by atoms with Crippen LogP contribution in [0.1, 0.15) is 39.2 Å². The topological polar surface area (TPSA) is 30.9 Å². The fraction of sp³-hybridized carbons (Fsp3) is 0.667. The van der Waals surface area contributed by atoms with Crippen molar-refractivity contribution in [3.8, 4) is 0 Å². The van der Waals surface area contributed by atoms with E-state index in [0.29, 0.717) is 25.5 Å². The standard InChI is InChI=1S/C18H31NO3Si/c1-4-20-23(21-5-2,22-6-3)18-14-16-19(18)15-10-13-17-11-8-7-9-12-17/h7-9,11-12,18H,4-6,10,13-16H2,1-3H3. The largest absolute Gasteiger partial charge is 0.519 e. The molecule has 1 heterocycles. The molecule has 4 nitrogen and oxygen atoms in total. The Balaban J connectivity index is 1.90. The van der Waals surface area contributed by atoms with Gasteiger partial charge in [-0.1, -0.05) is 30.3 Å². The van der Waals surface area contributed by atoms with Crippen LogP contribution in [-0.4, -0.2) is 52.3 Å². The smallest absolute Gasteiger partial charge is 0.373 e. The highest BCUT2D eigenvalue weighted by molar-refractivity contribution is 6.62. The first-order valence-electron chi connectivity index (χ1n) is 8.95. The SMILES string of the molecule is CCO[Si](OCC)(OCC)C1CCN1CCCc1ccccc1. The molecule has 5 heteroatoms. The van der Waals surface area contributed by atoms with E-state index >= 15 is 0 Å². The third-order valence-electron chi connectivity index (χ3n) is 4.33. The molecule has 0 amide bonds. The molecule has 0 aromatic heterocycles. The molecule has 23 heavy (non-hydrogen) atoms. The zero-order chi connectivity index (χ0) is 16.5. The molecule has 1 atom stereocenters. The van der Waals surface area contributed by atoms with Crippen molar-refractivity contribution < 1.29 is 13.3 Å². The van der Waals surface area contributed by atoms with Crippen LogP contribution in [0.4, 0.5) is 0 Å². The Morgan fingerprint density at radius 2 is 1.61 bits per heavy atom. The molecule has 1 aliphatic heterocycles. The molecule has 1 aromatic carbocycles. The molecule has 1 aromatic rings. The van der Waals surface area contributed by atoms with E-state index in [-0.39, 0.29) is 0 Å². The van der Waals surface area contributed by atoms with E-state index < -0.39 is 8.80 Å². The second-order valence-electron chi connectivity index (χ2n) is 5.83. The van der Waals surface area contributed by atoms with Crippen LogP contribution >= 0.6 is 0 Å². The lowest BCUT2D eigenvalue weighted by atomic mass is 10.1. The van der Waals surface area contributed by atoms with E-state index in [1.807, 2.05) is 20.8 Å². The van der Waals surface area contributed by atoms with Crippen molar-refractivity contribution in [3.63, 3.8) is 0 Å². The second-order valence-corrected chi connectivity index (χ2v) is 8.57. The maximum Gasteiger partial charge on any atom is 0.519 e. The molecule has 0 aliphatic carbocycles.